The van der Waals surface area contributed by atoms with E-state index in [1.54, 1.807) is 7.11 Å². The highest BCUT2D eigenvalue weighted by molar-refractivity contribution is 5.79. The van der Waals surface area contributed by atoms with Crippen molar-refractivity contribution in [2.75, 3.05) is 33.4 Å². The van der Waals surface area contributed by atoms with Gasteiger partial charge in [0, 0.05) is 26.2 Å². The van der Waals surface area contributed by atoms with Crippen LogP contribution in [0.5, 0.6) is 0 Å². The molecule has 1 fully saturated rings. The first kappa shape index (κ1) is 13.5. The molecule has 1 aliphatic heterocycles. The van der Waals surface area contributed by atoms with Crippen LogP contribution in [0.3, 0.4) is 0 Å². The summed E-state index contributed by atoms with van der Waals surface area (Å²) in [6.45, 7) is 7.31. The van der Waals surface area contributed by atoms with Gasteiger partial charge in [-0.05, 0) is 33.2 Å². The monoisotopic (exact) mass is 228 g/mol. The van der Waals surface area contributed by atoms with Gasteiger partial charge in [0.05, 0.1) is 12.5 Å². The molecule has 4 heteroatoms. The van der Waals surface area contributed by atoms with Gasteiger partial charge in [-0.3, -0.25) is 4.79 Å². The topological polar surface area (TPSA) is 41.6 Å². The average molecular weight is 228 g/mol. The fraction of sp³-hybridized carbons (Fsp3) is 0.917. The van der Waals surface area contributed by atoms with Crippen molar-refractivity contribution in [3.05, 3.63) is 0 Å². The number of hydrogen-bond donors (Lipinski definition) is 1. The molecule has 0 unspecified atom stereocenters. The van der Waals surface area contributed by atoms with E-state index in [0.29, 0.717) is 13.2 Å². The minimum Gasteiger partial charge on any atom is -0.383 e. The minimum atomic E-state index is 0.160. The molecular weight excluding hydrogens is 204 g/mol. The van der Waals surface area contributed by atoms with Crippen molar-refractivity contribution in [3.63, 3.8) is 0 Å². The number of methoxy groups -OCH3 is 1. The number of nitrogens with one attached hydrogen (secondary N) is 1. The van der Waals surface area contributed by atoms with Gasteiger partial charge in [-0.2, -0.15) is 0 Å². The quantitative estimate of drug-likeness (QED) is 0.759. The Morgan fingerprint density at radius 2 is 2.31 bits per heavy atom. The molecule has 0 bridgehead atoms. The summed E-state index contributed by atoms with van der Waals surface area (Å²) in [4.78, 5) is 14.2. The number of carbonyl (C=O) groups is 1. The van der Waals surface area contributed by atoms with E-state index in [9.17, 15) is 4.79 Å². The second kappa shape index (κ2) is 6.86. The second-order valence-electron chi connectivity index (χ2n) is 4.66. The molecule has 4 nitrogen and oxygen atoms in total. The zero-order valence-electron chi connectivity index (χ0n) is 10.7. The molecule has 1 heterocycles. The van der Waals surface area contributed by atoms with Crippen molar-refractivity contribution >= 4 is 5.91 Å². The van der Waals surface area contributed by atoms with Crippen LogP contribution in [0.4, 0.5) is 0 Å². The fourth-order valence-electron chi connectivity index (χ4n) is 2.11. The Hall–Kier alpha value is -0.610. The van der Waals surface area contributed by atoms with Gasteiger partial charge >= 0.3 is 0 Å². The van der Waals surface area contributed by atoms with Crippen LogP contribution in [0.25, 0.3) is 0 Å². The minimum absolute atomic E-state index is 0.160. The Morgan fingerprint density at radius 3 is 2.81 bits per heavy atom. The summed E-state index contributed by atoms with van der Waals surface area (Å²) in [7, 11) is 1.67. The Bertz CT molecular complexity index is 213. The molecule has 1 aliphatic rings. The molecule has 16 heavy (non-hydrogen) atoms. The summed E-state index contributed by atoms with van der Waals surface area (Å²) in [6.07, 6.45) is 2.12. The Morgan fingerprint density at radius 1 is 1.56 bits per heavy atom. The molecule has 1 N–H and O–H groups in total. The van der Waals surface area contributed by atoms with E-state index < -0.39 is 0 Å². The maximum Gasteiger partial charge on any atom is 0.227 e. The summed E-state index contributed by atoms with van der Waals surface area (Å²) in [5, 5.41) is 3.29. The maximum absolute atomic E-state index is 12.3. The van der Waals surface area contributed by atoms with Gasteiger partial charge in [0.2, 0.25) is 5.91 Å². The van der Waals surface area contributed by atoms with E-state index in [1.807, 2.05) is 4.90 Å². The summed E-state index contributed by atoms with van der Waals surface area (Å²) in [5.74, 6) is 0.437. The second-order valence-corrected chi connectivity index (χ2v) is 4.66. The third-order valence-corrected chi connectivity index (χ3v) is 3.09. The van der Waals surface area contributed by atoms with Crippen molar-refractivity contribution in [1.82, 2.24) is 10.2 Å². The van der Waals surface area contributed by atoms with Crippen molar-refractivity contribution in [1.29, 1.82) is 0 Å². The predicted octanol–water partition coefficient (Wildman–Crippen LogP) is 0.869. The highest BCUT2D eigenvalue weighted by atomic mass is 16.5. The fourth-order valence-corrected chi connectivity index (χ4v) is 2.11. The van der Waals surface area contributed by atoms with Crippen LogP contribution in [-0.2, 0) is 9.53 Å². The molecule has 1 amide bonds. The summed E-state index contributed by atoms with van der Waals surface area (Å²) < 4.78 is 5.05. The van der Waals surface area contributed by atoms with Gasteiger partial charge in [0.15, 0.2) is 0 Å². The number of amides is 1. The number of ether oxygens (including phenoxy) is 1. The third-order valence-electron chi connectivity index (χ3n) is 3.09. The SMILES string of the molecule is COCCN(C(=O)[C@H]1CCCNC1)C(C)C. The van der Waals surface area contributed by atoms with Crippen molar-refractivity contribution in [2.45, 2.75) is 32.7 Å². The van der Waals surface area contributed by atoms with Crippen LogP contribution in [0, 0.1) is 5.92 Å². The Labute approximate surface area is 98.3 Å². The van der Waals surface area contributed by atoms with Crippen LogP contribution in [-0.4, -0.2) is 50.2 Å². The van der Waals surface area contributed by atoms with E-state index in [2.05, 4.69) is 19.2 Å². The van der Waals surface area contributed by atoms with E-state index >= 15 is 0 Å². The number of rotatable bonds is 5. The lowest BCUT2D eigenvalue weighted by Crippen LogP contribution is -2.47. The molecule has 0 saturated carbocycles. The van der Waals surface area contributed by atoms with Crippen LogP contribution >= 0.6 is 0 Å². The first-order valence-corrected chi connectivity index (χ1v) is 6.17. The first-order chi connectivity index (χ1) is 7.66. The van der Waals surface area contributed by atoms with Gasteiger partial charge in [0.25, 0.3) is 0 Å². The van der Waals surface area contributed by atoms with Crippen molar-refractivity contribution < 1.29 is 9.53 Å². The predicted molar refractivity (Wildman–Crippen MR) is 64.3 cm³/mol. The third kappa shape index (κ3) is 3.76. The highest BCUT2D eigenvalue weighted by Gasteiger charge is 2.26. The van der Waals surface area contributed by atoms with Crippen molar-refractivity contribution in [3.8, 4) is 0 Å². The summed E-state index contributed by atoms with van der Waals surface area (Å²) in [6, 6.07) is 0.254. The molecule has 0 spiro atoms. The zero-order chi connectivity index (χ0) is 12.0. The Balaban J connectivity index is 2.51. The summed E-state index contributed by atoms with van der Waals surface area (Å²) in [5.41, 5.74) is 0. The van der Waals surface area contributed by atoms with Gasteiger partial charge in [0.1, 0.15) is 0 Å². The van der Waals surface area contributed by atoms with Gasteiger partial charge in [-0.1, -0.05) is 0 Å². The number of hydrogen-bond acceptors (Lipinski definition) is 3. The van der Waals surface area contributed by atoms with Crippen LogP contribution < -0.4 is 5.32 Å². The summed E-state index contributed by atoms with van der Waals surface area (Å²) >= 11 is 0. The molecule has 1 atom stereocenters. The largest absolute Gasteiger partial charge is 0.383 e. The van der Waals surface area contributed by atoms with E-state index in [-0.39, 0.29) is 17.9 Å². The van der Waals surface area contributed by atoms with E-state index in [0.717, 1.165) is 25.9 Å². The Kier molecular flexibility index (Phi) is 5.77. The zero-order valence-corrected chi connectivity index (χ0v) is 10.7. The van der Waals surface area contributed by atoms with Crippen LogP contribution in [0.15, 0.2) is 0 Å². The number of carbonyl (C=O) groups excluding carboxylic acids is 1. The first-order valence-electron chi connectivity index (χ1n) is 6.17. The molecular formula is C12H24N2O2. The van der Waals surface area contributed by atoms with Gasteiger partial charge in [-0.25, -0.2) is 0 Å². The van der Waals surface area contributed by atoms with Crippen molar-refractivity contribution in [2.24, 2.45) is 5.92 Å². The molecule has 0 aromatic heterocycles. The molecule has 0 aromatic rings. The molecule has 1 rings (SSSR count). The lowest BCUT2D eigenvalue weighted by molar-refractivity contribution is -0.138. The van der Waals surface area contributed by atoms with Gasteiger partial charge < -0.3 is 15.0 Å². The van der Waals surface area contributed by atoms with E-state index in [1.165, 1.54) is 0 Å². The number of piperidine rings is 1. The smallest absolute Gasteiger partial charge is 0.227 e. The van der Waals surface area contributed by atoms with Crippen LogP contribution in [0.1, 0.15) is 26.7 Å². The lowest BCUT2D eigenvalue weighted by atomic mass is 9.97. The van der Waals surface area contributed by atoms with Gasteiger partial charge in [-0.15, -0.1) is 0 Å². The van der Waals surface area contributed by atoms with Crippen LogP contribution in [0.2, 0.25) is 0 Å². The average Bonchev–Trinajstić information content (AvgIpc) is 2.30. The molecule has 1 saturated heterocycles. The normalized spacial score (nSPS) is 21.1. The standard InChI is InChI=1S/C12H24N2O2/c1-10(2)14(7-8-16-3)12(15)11-5-4-6-13-9-11/h10-11,13H,4-9H2,1-3H3/t11-/m0/s1. The molecule has 0 aliphatic carbocycles. The van der Waals surface area contributed by atoms with E-state index in [4.69, 9.17) is 4.74 Å². The number of nitrogens with zero attached hydrogens (tertiary/aromatic N) is 1. The maximum atomic E-state index is 12.3. The highest BCUT2D eigenvalue weighted by Crippen LogP contribution is 2.15. The molecule has 0 aromatic carbocycles. The molecule has 94 valence electrons. The lowest BCUT2D eigenvalue weighted by Gasteiger charge is -2.32. The molecule has 0 radical (unpaired) electrons.